The molecular weight excluding hydrogens is 186 g/mol. The third-order valence-electron chi connectivity index (χ3n) is 1.70. The Labute approximate surface area is 84.0 Å². The molecule has 1 heterocycles. The van der Waals surface area contributed by atoms with Crippen LogP contribution < -0.4 is 0 Å². The summed E-state index contributed by atoms with van der Waals surface area (Å²) >= 11 is 4.08. The zero-order chi connectivity index (χ0) is 8.81. The number of allylic oxidation sites excluding steroid dienone is 1. The highest BCUT2D eigenvalue weighted by molar-refractivity contribution is 8.06. The number of thioether (sulfide) groups is 2. The fourth-order valence-electron chi connectivity index (χ4n) is 0.989. The standard InChI is InChI=1S/C9H17NS2/c1-10(2)5-7-11-8-9-4-3-6-12-9/h4H,3,5-8H2,1-2H3. The molecule has 0 aromatic carbocycles. The molecule has 1 aliphatic rings. The summed E-state index contributed by atoms with van der Waals surface area (Å²) in [7, 11) is 4.26. The molecule has 0 aromatic heterocycles. The molecule has 0 unspecified atom stereocenters. The summed E-state index contributed by atoms with van der Waals surface area (Å²) in [5, 5.41) is 0. The molecular formula is C9H17NS2. The second-order valence-corrected chi connectivity index (χ2v) is 5.49. The van der Waals surface area contributed by atoms with Gasteiger partial charge in [-0.2, -0.15) is 11.8 Å². The molecule has 0 saturated heterocycles. The van der Waals surface area contributed by atoms with E-state index in [2.05, 4.69) is 25.1 Å². The van der Waals surface area contributed by atoms with Crippen molar-refractivity contribution in [2.45, 2.75) is 6.42 Å². The Morgan fingerprint density at radius 2 is 2.42 bits per heavy atom. The van der Waals surface area contributed by atoms with Gasteiger partial charge in [0, 0.05) is 23.8 Å². The van der Waals surface area contributed by atoms with Crippen molar-refractivity contribution in [3.05, 3.63) is 11.0 Å². The van der Waals surface area contributed by atoms with Crippen LogP contribution in [0.2, 0.25) is 0 Å². The normalized spacial score (nSPS) is 17.1. The Morgan fingerprint density at radius 3 is 3.00 bits per heavy atom. The molecule has 0 N–H and O–H groups in total. The number of rotatable bonds is 5. The van der Waals surface area contributed by atoms with Crippen LogP contribution in [0, 0.1) is 0 Å². The molecule has 0 atom stereocenters. The lowest BCUT2D eigenvalue weighted by molar-refractivity contribution is 0.437. The third kappa shape index (κ3) is 4.43. The van der Waals surface area contributed by atoms with E-state index >= 15 is 0 Å². The summed E-state index contributed by atoms with van der Waals surface area (Å²) < 4.78 is 0. The molecule has 1 nitrogen and oxygen atoms in total. The van der Waals surface area contributed by atoms with Crippen molar-refractivity contribution in [1.29, 1.82) is 0 Å². The average Bonchev–Trinajstić information content (AvgIpc) is 2.49. The van der Waals surface area contributed by atoms with Crippen LogP contribution >= 0.6 is 23.5 Å². The molecule has 70 valence electrons. The maximum absolute atomic E-state index is 2.38. The van der Waals surface area contributed by atoms with Crippen molar-refractivity contribution in [3.63, 3.8) is 0 Å². The summed E-state index contributed by atoms with van der Waals surface area (Å²) in [6.45, 7) is 1.20. The lowest BCUT2D eigenvalue weighted by Gasteiger charge is -2.08. The van der Waals surface area contributed by atoms with Crippen LogP contribution in [0.4, 0.5) is 0 Å². The van der Waals surface area contributed by atoms with Gasteiger partial charge in [0.05, 0.1) is 0 Å². The van der Waals surface area contributed by atoms with Crippen LogP contribution in [-0.2, 0) is 0 Å². The van der Waals surface area contributed by atoms with Gasteiger partial charge in [-0.3, -0.25) is 0 Å². The highest BCUT2D eigenvalue weighted by Gasteiger charge is 2.04. The maximum atomic E-state index is 2.38. The zero-order valence-electron chi connectivity index (χ0n) is 7.88. The van der Waals surface area contributed by atoms with Crippen LogP contribution in [0.3, 0.4) is 0 Å². The van der Waals surface area contributed by atoms with Crippen molar-refractivity contribution >= 4 is 23.5 Å². The van der Waals surface area contributed by atoms with E-state index in [0.717, 1.165) is 0 Å². The molecule has 0 aliphatic carbocycles. The molecule has 1 rings (SSSR count). The number of nitrogens with zero attached hydrogens (tertiary/aromatic N) is 1. The Morgan fingerprint density at radius 1 is 1.58 bits per heavy atom. The van der Waals surface area contributed by atoms with E-state index in [0.29, 0.717) is 0 Å². The van der Waals surface area contributed by atoms with Crippen LogP contribution in [0.25, 0.3) is 0 Å². The van der Waals surface area contributed by atoms with Gasteiger partial charge in [0.25, 0.3) is 0 Å². The maximum Gasteiger partial charge on any atom is 0.0241 e. The first-order valence-electron chi connectivity index (χ1n) is 4.33. The molecule has 3 heteroatoms. The van der Waals surface area contributed by atoms with Crippen molar-refractivity contribution in [1.82, 2.24) is 4.90 Å². The van der Waals surface area contributed by atoms with Crippen LogP contribution in [0.1, 0.15) is 6.42 Å². The van der Waals surface area contributed by atoms with Gasteiger partial charge in [0.15, 0.2) is 0 Å². The van der Waals surface area contributed by atoms with Gasteiger partial charge >= 0.3 is 0 Å². The van der Waals surface area contributed by atoms with Crippen molar-refractivity contribution in [2.75, 3.05) is 37.9 Å². The largest absolute Gasteiger partial charge is 0.309 e. The summed E-state index contributed by atoms with van der Waals surface area (Å²) in [6, 6.07) is 0. The van der Waals surface area contributed by atoms with Gasteiger partial charge in [0.2, 0.25) is 0 Å². The minimum absolute atomic E-state index is 1.20. The van der Waals surface area contributed by atoms with Gasteiger partial charge in [0.1, 0.15) is 0 Å². The minimum atomic E-state index is 1.20. The summed E-state index contributed by atoms with van der Waals surface area (Å²) in [4.78, 5) is 3.84. The average molecular weight is 203 g/mol. The molecule has 0 amide bonds. The summed E-state index contributed by atoms with van der Waals surface area (Å²) in [6.07, 6.45) is 3.67. The molecule has 12 heavy (non-hydrogen) atoms. The lowest BCUT2D eigenvalue weighted by Crippen LogP contribution is -2.14. The zero-order valence-corrected chi connectivity index (χ0v) is 9.51. The first kappa shape index (κ1) is 10.5. The Hall–Kier alpha value is 0.400. The smallest absolute Gasteiger partial charge is 0.0241 e. The van der Waals surface area contributed by atoms with Crippen LogP contribution in [0.5, 0.6) is 0 Å². The van der Waals surface area contributed by atoms with Gasteiger partial charge in [-0.1, -0.05) is 6.08 Å². The first-order chi connectivity index (χ1) is 5.79. The second-order valence-electron chi connectivity index (χ2n) is 3.16. The molecule has 0 radical (unpaired) electrons. The van der Waals surface area contributed by atoms with E-state index in [4.69, 9.17) is 0 Å². The highest BCUT2D eigenvalue weighted by Crippen LogP contribution is 2.27. The molecule has 0 saturated carbocycles. The highest BCUT2D eigenvalue weighted by atomic mass is 32.2. The fraction of sp³-hybridized carbons (Fsp3) is 0.778. The summed E-state index contributed by atoms with van der Waals surface area (Å²) in [5.74, 6) is 3.80. The predicted molar refractivity (Wildman–Crippen MR) is 61.0 cm³/mol. The Bertz CT molecular complexity index is 155. The van der Waals surface area contributed by atoms with E-state index in [1.54, 1.807) is 4.91 Å². The van der Waals surface area contributed by atoms with E-state index < -0.39 is 0 Å². The quantitative estimate of drug-likeness (QED) is 0.631. The fourth-order valence-corrected chi connectivity index (χ4v) is 3.26. The topological polar surface area (TPSA) is 3.24 Å². The Balaban J connectivity index is 1.95. The molecule has 0 spiro atoms. The van der Waals surface area contributed by atoms with Gasteiger partial charge in [-0.05, 0) is 25.4 Å². The first-order valence-corrected chi connectivity index (χ1v) is 6.47. The van der Waals surface area contributed by atoms with E-state index in [1.165, 1.54) is 30.2 Å². The van der Waals surface area contributed by atoms with Crippen LogP contribution in [0.15, 0.2) is 11.0 Å². The number of hydrogen-bond acceptors (Lipinski definition) is 3. The van der Waals surface area contributed by atoms with E-state index in [1.807, 2.05) is 23.5 Å². The molecule has 1 aliphatic heterocycles. The van der Waals surface area contributed by atoms with E-state index in [-0.39, 0.29) is 0 Å². The molecule has 0 aromatic rings. The molecule has 0 bridgehead atoms. The van der Waals surface area contributed by atoms with E-state index in [9.17, 15) is 0 Å². The molecule has 0 fully saturated rings. The van der Waals surface area contributed by atoms with Gasteiger partial charge in [-0.25, -0.2) is 0 Å². The summed E-state index contributed by atoms with van der Waals surface area (Å²) in [5.41, 5.74) is 0. The second kappa shape index (κ2) is 5.95. The lowest BCUT2D eigenvalue weighted by atomic mass is 10.4. The van der Waals surface area contributed by atoms with Crippen molar-refractivity contribution in [2.24, 2.45) is 0 Å². The Kier molecular flexibility index (Phi) is 5.19. The third-order valence-corrected chi connectivity index (χ3v) is 4.00. The predicted octanol–water partition coefficient (Wildman–Crippen LogP) is 2.30. The van der Waals surface area contributed by atoms with Gasteiger partial charge < -0.3 is 4.90 Å². The van der Waals surface area contributed by atoms with Crippen molar-refractivity contribution in [3.8, 4) is 0 Å². The van der Waals surface area contributed by atoms with Gasteiger partial charge in [-0.15, -0.1) is 11.8 Å². The monoisotopic (exact) mass is 203 g/mol. The number of hydrogen-bond donors (Lipinski definition) is 0. The van der Waals surface area contributed by atoms with Crippen LogP contribution in [-0.4, -0.2) is 42.8 Å². The van der Waals surface area contributed by atoms with Crippen molar-refractivity contribution < 1.29 is 0 Å². The minimum Gasteiger partial charge on any atom is -0.309 e. The SMILES string of the molecule is CN(C)CCSCC1=CCCS1.